The van der Waals surface area contributed by atoms with Gasteiger partial charge in [0.1, 0.15) is 0 Å². The normalized spacial score (nSPS) is 11.3. The van der Waals surface area contributed by atoms with Crippen LogP contribution in [0, 0.1) is 13.8 Å². The van der Waals surface area contributed by atoms with Crippen LogP contribution in [0.15, 0.2) is 41.3 Å². The highest BCUT2D eigenvalue weighted by molar-refractivity contribution is 7.92. The van der Waals surface area contributed by atoms with Crippen LogP contribution < -0.4 is 10.5 Å². The Bertz CT molecular complexity index is 758. The molecule has 20 heavy (non-hydrogen) atoms. The third kappa shape index (κ3) is 2.73. The summed E-state index contributed by atoms with van der Waals surface area (Å²) < 4.78 is 27.4. The van der Waals surface area contributed by atoms with Crippen LogP contribution in [0.25, 0.3) is 0 Å². The van der Waals surface area contributed by atoms with Crippen LogP contribution in [0.2, 0.25) is 5.02 Å². The number of anilines is 2. The molecule has 0 aromatic heterocycles. The van der Waals surface area contributed by atoms with Crippen molar-refractivity contribution in [1.82, 2.24) is 0 Å². The van der Waals surface area contributed by atoms with E-state index >= 15 is 0 Å². The zero-order valence-electron chi connectivity index (χ0n) is 11.1. The number of hydrogen-bond donors (Lipinski definition) is 2. The molecule has 0 aliphatic carbocycles. The maximum atomic E-state index is 12.4. The molecular weight excluding hydrogens is 296 g/mol. The molecule has 0 bridgehead atoms. The van der Waals surface area contributed by atoms with Crippen LogP contribution in [-0.2, 0) is 10.0 Å². The smallest absolute Gasteiger partial charge is 0.262 e. The number of nitrogen functional groups attached to an aromatic ring is 1. The number of sulfonamides is 1. The maximum absolute atomic E-state index is 12.4. The summed E-state index contributed by atoms with van der Waals surface area (Å²) in [6, 6.07) is 9.87. The minimum Gasteiger partial charge on any atom is -0.398 e. The molecule has 0 unspecified atom stereocenters. The van der Waals surface area contributed by atoms with Crippen molar-refractivity contribution in [1.29, 1.82) is 0 Å². The van der Waals surface area contributed by atoms with E-state index in [0.29, 0.717) is 27.5 Å². The Balaban J connectivity index is 2.47. The first-order valence-electron chi connectivity index (χ1n) is 5.96. The van der Waals surface area contributed by atoms with Crippen molar-refractivity contribution in [2.45, 2.75) is 18.7 Å². The zero-order valence-corrected chi connectivity index (χ0v) is 12.7. The molecule has 0 amide bonds. The van der Waals surface area contributed by atoms with Crippen LogP contribution in [0.3, 0.4) is 0 Å². The highest BCUT2D eigenvalue weighted by atomic mass is 35.5. The SMILES string of the molecule is Cc1c(N)cccc1NS(=O)(=O)c1cccc(Cl)c1C. The molecule has 4 nitrogen and oxygen atoms in total. The molecule has 0 aliphatic rings. The van der Waals surface area contributed by atoms with E-state index in [-0.39, 0.29) is 4.90 Å². The summed E-state index contributed by atoms with van der Waals surface area (Å²) in [5.74, 6) is 0. The summed E-state index contributed by atoms with van der Waals surface area (Å²) in [4.78, 5) is 0.159. The first kappa shape index (κ1) is 14.7. The van der Waals surface area contributed by atoms with Crippen molar-refractivity contribution in [3.63, 3.8) is 0 Å². The second-order valence-electron chi connectivity index (χ2n) is 4.49. The lowest BCUT2D eigenvalue weighted by Crippen LogP contribution is -2.15. The molecule has 0 heterocycles. The van der Waals surface area contributed by atoms with Gasteiger partial charge in [-0.15, -0.1) is 0 Å². The van der Waals surface area contributed by atoms with E-state index in [4.69, 9.17) is 17.3 Å². The molecule has 0 atom stereocenters. The van der Waals surface area contributed by atoms with Gasteiger partial charge in [-0.3, -0.25) is 4.72 Å². The van der Waals surface area contributed by atoms with Crippen LogP contribution >= 0.6 is 11.6 Å². The van der Waals surface area contributed by atoms with Crippen LogP contribution in [-0.4, -0.2) is 8.42 Å². The number of nitrogens with one attached hydrogen (secondary N) is 1. The molecule has 0 aliphatic heterocycles. The van der Waals surface area contributed by atoms with Gasteiger partial charge in [0.15, 0.2) is 0 Å². The highest BCUT2D eigenvalue weighted by Gasteiger charge is 2.19. The third-order valence-corrected chi connectivity index (χ3v) is 5.05. The minimum atomic E-state index is -3.70. The van der Waals surface area contributed by atoms with E-state index in [1.165, 1.54) is 6.07 Å². The Morgan fingerprint density at radius 3 is 2.40 bits per heavy atom. The van der Waals surface area contributed by atoms with E-state index in [1.807, 2.05) is 0 Å². The minimum absolute atomic E-state index is 0.159. The second kappa shape index (κ2) is 5.34. The third-order valence-electron chi connectivity index (χ3n) is 3.13. The Labute approximate surface area is 123 Å². The number of rotatable bonds is 3. The van der Waals surface area contributed by atoms with Crippen molar-refractivity contribution < 1.29 is 8.42 Å². The summed E-state index contributed by atoms with van der Waals surface area (Å²) in [6.45, 7) is 3.43. The van der Waals surface area contributed by atoms with Gasteiger partial charge < -0.3 is 5.73 Å². The van der Waals surface area contributed by atoms with Gasteiger partial charge in [-0.05, 0) is 49.2 Å². The largest absolute Gasteiger partial charge is 0.398 e. The Morgan fingerprint density at radius 1 is 1.05 bits per heavy atom. The van der Waals surface area contributed by atoms with E-state index in [1.54, 1.807) is 44.2 Å². The van der Waals surface area contributed by atoms with Gasteiger partial charge in [0.25, 0.3) is 10.0 Å². The summed E-state index contributed by atoms with van der Waals surface area (Å²) >= 11 is 5.97. The number of halogens is 1. The van der Waals surface area contributed by atoms with E-state index < -0.39 is 10.0 Å². The topological polar surface area (TPSA) is 72.2 Å². The van der Waals surface area contributed by atoms with E-state index in [0.717, 1.165) is 0 Å². The summed E-state index contributed by atoms with van der Waals surface area (Å²) in [5.41, 5.74) is 7.98. The molecule has 0 fully saturated rings. The lowest BCUT2D eigenvalue weighted by Gasteiger charge is -2.13. The molecule has 0 radical (unpaired) electrons. The van der Waals surface area contributed by atoms with Gasteiger partial charge in [0.05, 0.1) is 10.6 Å². The van der Waals surface area contributed by atoms with Crippen molar-refractivity contribution in [2.24, 2.45) is 0 Å². The van der Waals surface area contributed by atoms with Gasteiger partial charge in [-0.25, -0.2) is 8.42 Å². The van der Waals surface area contributed by atoms with E-state index in [9.17, 15) is 8.42 Å². The average Bonchev–Trinajstić information content (AvgIpc) is 2.38. The number of benzene rings is 2. The molecule has 2 aromatic rings. The fraction of sp³-hybridized carbons (Fsp3) is 0.143. The fourth-order valence-electron chi connectivity index (χ4n) is 1.84. The Morgan fingerprint density at radius 2 is 1.70 bits per heavy atom. The summed E-state index contributed by atoms with van der Waals surface area (Å²) in [5, 5.41) is 0.414. The van der Waals surface area contributed by atoms with Crippen molar-refractivity contribution in [3.8, 4) is 0 Å². The molecule has 0 spiro atoms. The lowest BCUT2D eigenvalue weighted by atomic mass is 10.2. The zero-order chi connectivity index (χ0) is 14.9. The standard InChI is InChI=1S/C14H15ClN2O2S/c1-9-11(15)5-3-8-14(9)20(18,19)17-13-7-4-6-12(16)10(13)2/h3-8,17H,16H2,1-2H3. The monoisotopic (exact) mass is 310 g/mol. The molecular formula is C14H15ClN2O2S. The number of hydrogen-bond acceptors (Lipinski definition) is 3. The van der Waals surface area contributed by atoms with Gasteiger partial charge in [-0.1, -0.05) is 23.7 Å². The highest BCUT2D eigenvalue weighted by Crippen LogP contribution is 2.27. The maximum Gasteiger partial charge on any atom is 0.262 e. The first-order valence-corrected chi connectivity index (χ1v) is 7.82. The van der Waals surface area contributed by atoms with Crippen LogP contribution in [0.5, 0.6) is 0 Å². The van der Waals surface area contributed by atoms with Gasteiger partial charge in [-0.2, -0.15) is 0 Å². The molecule has 6 heteroatoms. The number of nitrogens with two attached hydrogens (primary N) is 1. The van der Waals surface area contributed by atoms with Crippen molar-refractivity contribution >= 4 is 33.0 Å². The van der Waals surface area contributed by atoms with Gasteiger partial charge >= 0.3 is 0 Å². The molecule has 106 valence electrons. The van der Waals surface area contributed by atoms with Gasteiger partial charge in [0.2, 0.25) is 0 Å². The predicted molar refractivity (Wildman–Crippen MR) is 82.6 cm³/mol. The first-order chi connectivity index (χ1) is 9.33. The fourth-order valence-corrected chi connectivity index (χ4v) is 3.46. The summed E-state index contributed by atoms with van der Waals surface area (Å²) in [6.07, 6.45) is 0. The predicted octanol–water partition coefficient (Wildman–Crippen LogP) is 3.34. The average molecular weight is 311 g/mol. The molecule has 0 saturated carbocycles. The molecule has 2 aromatic carbocycles. The van der Waals surface area contributed by atoms with Crippen LogP contribution in [0.4, 0.5) is 11.4 Å². The van der Waals surface area contributed by atoms with Crippen molar-refractivity contribution in [2.75, 3.05) is 10.5 Å². The molecule has 2 rings (SSSR count). The molecule has 3 N–H and O–H groups in total. The summed E-state index contributed by atoms with van der Waals surface area (Å²) in [7, 11) is -3.70. The molecule has 0 saturated heterocycles. The lowest BCUT2D eigenvalue weighted by molar-refractivity contribution is 0.600. The quantitative estimate of drug-likeness (QED) is 0.854. The van der Waals surface area contributed by atoms with Crippen molar-refractivity contribution in [3.05, 3.63) is 52.5 Å². The second-order valence-corrected chi connectivity index (χ2v) is 6.55. The van der Waals surface area contributed by atoms with E-state index in [2.05, 4.69) is 4.72 Å². The van der Waals surface area contributed by atoms with Gasteiger partial charge in [0, 0.05) is 10.7 Å². The Kier molecular flexibility index (Phi) is 3.92. The van der Waals surface area contributed by atoms with Crippen LogP contribution in [0.1, 0.15) is 11.1 Å². The Hall–Kier alpha value is -1.72.